The van der Waals surface area contributed by atoms with Gasteiger partial charge in [-0.2, -0.15) is 0 Å². The van der Waals surface area contributed by atoms with Crippen LogP contribution in [-0.4, -0.2) is 11.5 Å². The molecule has 0 radical (unpaired) electrons. The molecule has 4 nitrogen and oxygen atoms in total. The molecule has 0 aromatic heterocycles. The van der Waals surface area contributed by atoms with E-state index in [2.05, 4.69) is 5.32 Å². The van der Waals surface area contributed by atoms with Gasteiger partial charge in [-0.15, -0.1) is 0 Å². The number of hydrogen-bond donors (Lipinski definition) is 1. The predicted octanol–water partition coefficient (Wildman–Crippen LogP) is 1.51. The highest BCUT2D eigenvalue weighted by Crippen LogP contribution is 1.98. The van der Waals surface area contributed by atoms with Crippen LogP contribution in [-0.2, 0) is 0 Å². The van der Waals surface area contributed by atoms with E-state index < -0.39 is 0 Å². The van der Waals surface area contributed by atoms with Gasteiger partial charge in [-0.1, -0.05) is 13.8 Å². The van der Waals surface area contributed by atoms with Gasteiger partial charge < -0.3 is 5.32 Å². The van der Waals surface area contributed by atoms with E-state index in [1.54, 1.807) is 6.92 Å². The Morgan fingerprint density at radius 2 is 2.27 bits per heavy atom. The van der Waals surface area contributed by atoms with Gasteiger partial charge in [0, 0.05) is 13.0 Å². The van der Waals surface area contributed by atoms with Crippen molar-refractivity contribution in [2.45, 2.75) is 26.7 Å². The van der Waals surface area contributed by atoms with E-state index >= 15 is 0 Å². The van der Waals surface area contributed by atoms with Crippen LogP contribution in [0.3, 0.4) is 0 Å². The van der Waals surface area contributed by atoms with Crippen LogP contribution in [0.15, 0.2) is 11.9 Å². The SMILES string of the molecule is CCCN/C=C(\CC)[N+](=O)[O-]. The molecule has 0 aliphatic heterocycles. The highest BCUT2D eigenvalue weighted by atomic mass is 16.6. The fourth-order valence-electron chi connectivity index (χ4n) is 0.618. The van der Waals surface area contributed by atoms with Gasteiger partial charge in [0.15, 0.2) is 0 Å². The van der Waals surface area contributed by atoms with Crippen molar-refractivity contribution in [2.75, 3.05) is 6.54 Å². The Hall–Kier alpha value is -1.06. The molecule has 0 unspecified atom stereocenters. The van der Waals surface area contributed by atoms with E-state index in [1.165, 1.54) is 6.20 Å². The van der Waals surface area contributed by atoms with Crippen LogP contribution >= 0.6 is 0 Å². The van der Waals surface area contributed by atoms with Crippen molar-refractivity contribution < 1.29 is 4.92 Å². The molecule has 0 bridgehead atoms. The summed E-state index contributed by atoms with van der Waals surface area (Å²) in [5.41, 5.74) is 0.235. The maximum absolute atomic E-state index is 10.2. The van der Waals surface area contributed by atoms with Crippen LogP contribution < -0.4 is 5.32 Å². The highest BCUT2D eigenvalue weighted by molar-refractivity contribution is 4.88. The van der Waals surface area contributed by atoms with E-state index in [0.29, 0.717) is 6.42 Å². The number of nitrogens with one attached hydrogen (secondary N) is 1. The molecular formula is C7H14N2O2. The molecule has 0 saturated heterocycles. The van der Waals surface area contributed by atoms with Crippen molar-refractivity contribution in [3.63, 3.8) is 0 Å². The number of allylic oxidation sites excluding steroid dienone is 1. The Balaban J connectivity index is 3.81. The van der Waals surface area contributed by atoms with Crippen LogP contribution in [0, 0.1) is 10.1 Å². The van der Waals surface area contributed by atoms with Gasteiger partial charge in [-0.25, -0.2) is 0 Å². The molecule has 0 atom stereocenters. The largest absolute Gasteiger partial charge is 0.386 e. The van der Waals surface area contributed by atoms with Crippen LogP contribution in [0.1, 0.15) is 26.7 Å². The quantitative estimate of drug-likeness (QED) is 0.375. The molecule has 0 heterocycles. The Morgan fingerprint density at radius 1 is 1.64 bits per heavy atom. The highest BCUT2D eigenvalue weighted by Gasteiger charge is 2.04. The molecule has 0 fully saturated rings. The van der Waals surface area contributed by atoms with Crippen LogP contribution in [0.2, 0.25) is 0 Å². The molecule has 0 aromatic carbocycles. The number of hydrogen-bond acceptors (Lipinski definition) is 3. The standard InChI is InChI=1S/C7H14N2O2/c1-3-5-8-6-7(4-2)9(10)11/h6,8H,3-5H2,1-2H3/b7-6+. The second-order valence-corrected chi connectivity index (χ2v) is 2.20. The molecule has 0 aromatic rings. The fraction of sp³-hybridized carbons (Fsp3) is 0.714. The molecule has 11 heavy (non-hydrogen) atoms. The van der Waals surface area contributed by atoms with Crippen LogP contribution in [0.5, 0.6) is 0 Å². The summed E-state index contributed by atoms with van der Waals surface area (Å²) in [6, 6.07) is 0. The minimum atomic E-state index is -0.358. The van der Waals surface area contributed by atoms with Crippen LogP contribution in [0.25, 0.3) is 0 Å². The van der Waals surface area contributed by atoms with Gasteiger partial charge in [-0.3, -0.25) is 10.1 Å². The Morgan fingerprint density at radius 3 is 2.64 bits per heavy atom. The summed E-state index contributed by atoms with van der Waals surface area (Å²) in [6.07, 6.45) is 2.92. The van der Waals surface area contributed by atoms with Crippen molar-refractivity contribution in [3.05, 3.63) is 22.0 Å². The van der Waals surface area contributed by atoms with Gasteiger partial charge in [0.05, 0.1) is 11.1 Å². The average Bonchev–Trinajstić information content (AvgIpc) is 1.97. The normalized spacial score (nSPS) is 11.3. The van der Waals surface area contributed by atoms with Crippen molar-refractivity contribution in [1.82, 2.24) is 5.32 Å². The second-order valence-electron chi connectivity index (χ2n) is 2.20. The molecule has 0 amide bonds. The zero-order valence-corrected chi connectivity index (χ0v) is 6.96. The minimum Gasteiger partial charge on any atom is -0.386 e. The maximum Gasteiger partial charge on any atom is 0.261 e. The number of nitro groups is 1. The van der Waals surface area contributed by atoms with Crippen molar-refractivity contribution >= 4 is 0 Å². The van der Waals surface area contributed by atoms with Gasteiger partial charge in [0.25, 0.3) is 5.70 Å². The molecule has 1 N–H and O–H groups in total. The van der Waals surface area contributed by atoms with E-state index in [-0.39, 0.29) is 10.6 Å². The summed E-state index contributed by atoms with van der Waals surface area (Å²) in [4.78, 5) is 9.86. The van der Waals surface area contributed by atoms with Crippen molar-refractivity contribution in [3.8, 4) is 0 Å². The first-order chi connectivity index (χ1) is 5.22. The van der Waals surface area contributed by atoms with Crippen molar-refractivity contribution in [2.24, 2.45) is 0 Å². The smallest absolute Gasteiger partial charge is 0.261 e. The van der Waals surface area contributed by atoms with E-state index in [4.69, 9.17) is 0 Å². The minimum absolute atomic E-state index is 0.235. The monoisotopic (exact) mass is 158 g/mol. The summed E-state index contributed by atoms with van der Waals surface area (Å²) >= 11 is 0. The molecule has 0 aliphatic rings. The summed E-state index contributed by atoms with van der Waals surface area (Å²) in [5.74, 6) is 0. The molecular weight excluding hydrogens is 144 g/mol. The summed E-state index contributed by atoms with van der Waals surface area (Å²) in [5, 5.41) is 13.1. The van der Waals surface area contributed by atoms with Gasteiger partial charge in [0.1, 0.15) is 0 Å². The third-order valence-corrected chi connectivity index (χ3v) is 1.26. The molecule has 0 rings (SSSR count). The molecule has 0 aliphatic carbocycles. The lowest BCUT2D eigenvalue weighted by atomic mass is 10.4. The Labute approximate surface area is 66.4 Å². The van der Waals surface area contributed by atoms with Gasteiger partial charge in [0.2, 0.25) is 0 Å². The number of nitrogens with zero attached hydrogens (tertiary/aromatic N) is 1. The van der Waals surface area contributed by atoms with Crippen molar-refractivity contribution in [1.29, 1.82) is 0 Å². The Bertz CT molecular complexity index is 155. The maximum atomic E-state index is 10.2. The first-order valence-corrected chi connectivity index (χ1v) is 3.79. The third kappa shape index (κ3) is 4.36. The van der Waals surface area contributed by atoms with E-state index in [0.717, 1.165) is 13.0 Å². The number of rotatable bonds is 5. The zero-order valence-electron chi connectivity index (χ0n) is 6.96. The fourth-order valence-corrected chi connectivity index (χ4v) is 0.618. The lowest BCUT2D eigenvalue weighted by Crippen LogP contribution is -2.09. The van der Waals surface area contributed by atoms with Crippen LogP contribution in [0.4, 0.5) is 0 Å². The first-order valence-electron chi connectivity index (χ1n) is 3.79. The molecule has 0 saturated carbocycles. The zero-order chi connectivity index (χ0) is 8.69. The summed E-state index contributed by atoms with van der Waals surface area (Å²) in [7, 11) is 0. The van der Waals surface area contributed by atoms with Gasteiger partial charge in [-0.05, 0) is 6.42 Å². The molecule has 0 spiro atoms. The summed E-state index contributed by atoms with van der Waals surface area (Å²) in [6.45, 7) is 4.57. The average molecular weight is 158 g/mol. The topological polar surface area (TPSA) is 55.2 Å². The lowest BCUT2D eigenvalue weighted by Gasteiger charge is -1.96. The lowest BCUT2D eigenvalue weighted by molar-refractivity contribution is -0.428. The van der Waals surface area contributed by atoms with Gasteiger partial charge >= 0.3 is 0 Å². The molecule has 4 heteroatoms. The predicted molar refractivity (Wildman–Crippen MR) is 43.7 cm³/mol. The second kappa shape index (κ2) is 5.70. The summed E-state index contributed by atoms with van der Waals surface area (Å²) < 4.78 is 0. The Kier molecular flexibility index (Phi) is 5.15. The molecule has 64 valence electrons. The first kappa shape index (κ1) is 9.94. The van der Waals surface area contributed by atoms with E-state index in [1.807, 2.05) is 6.92 Å². The van der Waals surface area contributed by atoms with E-state index in [9.17, 15) is 10.1 Å². The third-order valence-electron chi connectivity index (χ3n) is 1.26.